The number of rotatable bonds is 4. The molecular weight excluding hydrogens is 232 g/mol. The molecule has 0 aliphatic rings. The summed E-state index contributed by atoms with van der Waals surface area (Å²) in [6.07, 6.45) is 5.44. The molecule has 96 valence electrons. The van der Waals surface area contributed by atoms with Crippen LogP contribution < -0.4 is 0 Å². The smallest absolute Gasteiger partial charge is 0.0788 e. The van der Waals surface area contributed by atoms with Gasteiger partial charge in [0.1, 0.15) is 0 Å². The zero-order chi connectivity index (χ0) is 13.5. The number of benzene rings is 2. The molecular formula is C18H18O. The third kappa shape index (κ3) is 3.17. The molecule has 0 unspecified atom stereocenters. The number of ether oxygens (including phenoxy) is 1. The van der Waals surface area contributed by atoms with E-state index in [1.165, 1.54) is 21.9 Å². The molecule has 2 rings (SSSR count). The lowest BCUT2D eigenvalue weighted by Gasteiger charge is -2.09. The molecule has 19 heavy (non-hydrogen) atoms. The van der Waals surface area contributed by atoms with Crippen LogP contribution in [0.3, 0.4) is 0 Å². The molecule has 0 amide bonds. The first-order valence-corrected chi connectivity index (χ1v) is 6.43. The average Bonchev–Trinajstić information content (AvgIpc) is 2.46. The monoisotopic (exact) mass is 250 g/mol. The van der Waals surface area contributed by atoms with Crippen LogP contribution in [0.2, 0.25) is 0 Å². The molecule has 0 heterocycles. The number of hydrogen-bond acceptors (Lipinski definition) is 1. The minimum atomic E-state index is 0.800. The summed E-state index contributed by atoms with van der Waals surface area (Å²) in [5.41, 5.74) is 2.64. The van der Waals surface area contributed by atoms with Gasteiger partial charge in [-0.05, 0) is 41.3 Å². The molecule has 0 bridgehead atoms. The molecule has 0 N–H and O–H groups in total. The minimum Gasteiger partial charge on any atom is -0.505 e. The van der Waals surface area contributed by atoms with Gasteiger partial charge in [-0.15, -0.1) is 5.92 Å². The quantitative estimate of drug-likeness (QED) is 0.586. The lowest BCUT2D eigenvalue weighted by atomic mass is 9.95. The van der Waals surface area contributed by atoms with Crippen LogP contribution >= 0.6 is 0 Å². The van der Waals surface area contributed by atoms with Gasteiger partial charge in [-0.3, -0.25) is 0 Å². The van der Waals surface area contributed by atoms with E-state index in [1.54, 1.807) is 13.4 Å². The molecule has 0 fully saturated rings. The zero-order valence-electron chi connectivity index (χ0n) is 11.4. The minimum absolute atomic E-state index is 0.800. The standard InChI is InChI=1S/C18H18O/c1-3-4-10-17-16(9-7-14-19-2)13-12-15-8-5-6-11-18(15)17/h5-8,11-14H,9-10H2,1-2H3/b14-7+. The maximum absolute atomic E-state index is 4.96. The van der Waals surface area contributed by atoms with E-state index in [4.69, 9.17) is 4.74 Å². The van der Waals surface area contributed by atoms with Crippen LogP contribution in [-0.2, 0) is 17.6 Å². The lowest BCUT2D eigenvalue weighted by molar-refractivity contribution is 0.337. The van der Waals surface area contributed by atoms with Crippen molar-refractivity contribution in [2.75, 3.05) is 7.11 Å². The number of methoxy groups -OCH3 is 1. The number of hydrogen-bond donors (Lipinski definition) is 0. The molecule has 0 spiro atoms. The summed E-state index contributed by atoms with van der Waals surface area (Å²) in [4.78, 5) is 0. The molecule has 0 saturated carbocycles. The second-order valence-corrected chi connectivity index (χ2v) is 4.34. The Morgan fingerprint density at radius 3 is 2.79 bits per heavy atom. The highest BCUT2D eigenvalue weighted by molar-refractivity contribution is 5.87. The maximum atomic E-state index is 4.96. The fourth-order valence-electron chi connectivity index (χ4n) is 2.23. The SMILES string of the molecule is CC#CCc1c(C/C=C/OC)ccc2ccccc12. The number of allylic oxidation sites excluding steroid dienone is 1. The van der Waals surface area contributed by atoms with E-state index in [-0.39, 0.29) is 0 Å². The summed E-state index contributed by atoms with van der Waals surface area (Å²) >= 11 is 0. The van der Waals surface area contributed by atoms with Crippen LogP contribution in [0.25, 0.3) is 10.8 Å². The molecule has 0 saturated heterocycles. The summed E-state index contributed by atoms with van der Waals surface area (Å²) in [6, 6.07) is 12.8. The highest BCUT2D eigenvalue weighted by Gasteiger charge is 2.05. The van der Waals surface area contributed by atoms with Gasteiger partial charge in [0.05, 0.1) is 13.4 Å². The predicted octanol–water partition coefficient (Wildman–Crippen LogP) is 4.11. The third-order valence-electron chi connectivity index (χ3n) is 3.15. The Labute approximate surface area is 114 Å². The predicted molar refractivity (Wildman–Crippen MR) is 81.0 cm³/mol. The Balaban J connectivity index is 2.48. The Morgan fingerprint density at radius 2 is 2.00 bits per heavy atom. The summed E-state index contributed by atoms with van der Waals surface area (Å²) < 4.78 is 4.96. The largest absolute Gasteiger partial charge is 0.505 e. The van der Waals surface area contributed by atoms with Crippen molar-refractivity contribution in [1.29, 1.82) is 0 Å². The van der Waals surface area contributed by atoms with Crippen molar-refractivity contribution in [2.45, 2.75) is 19.8 Å². The summed E-state index contributed by atoms with van der Waals surface area (Å²) in [6.45, 7) is 1.88. The highest BCUT2D eigenvalue weighted by atomic mass is 16.5. The van der Waals surface area contributed by atoms with Gasteiger partial charge in [0, 0.05) is 6.42 Å². The molecule has 1 heteroatoms. The molecule has 2 aromatic carbocycles. The second kappa shape index (κ2) is 6.66. The fourth-order valence-corrected chi connectivity index (χ4v) is 2.23. The van der Waals surface area contributed by atoms with Crippen molar-refractivity contribution in [3.8, 4) is 11.8 Å². The molecule has 1 nitrogen and oxygen atoms in total. The maximum Gasteiger partial charge on any atom is 0.0788 e. The zero-order valence-corrected chi connectivity index (χ0v) is 11.4. The van der Waals surface area contributed by atoms with E-state index in [2.05, 4.69) is 48.2 Å². The third-order valence-corrected chi connectivity index (χ3v) is 3.15. The van der Waals surface area contributed by atoms with Crippen molar-refractivity contribution in [2.24, 2.45) is 0 Å². The molecule has 0 aliphatic carbocycles. The van der Waals surface area contributed by atoms with E-state index in [0.717, 1.165) is 12.8 Å². The van der Waals surface area contributed by atoms with Gasteiger partial charge >= 0.3 is 0 Å². The second-order valence-electron chi connectivity index (χ2n) is 4.34. The van der Waals surface area contributed by atoms with Crippen molar-refractivity contribution in [3.63, 3.8) is 0 Å². The normalized spacial score (nSPS) is 10.4. The first kappa shape index (κ1) is 13.2. The van der Waals surface area contributed by atoms with Gasteiger partial charge in [-0.2, -0.15) is 0 Å². The summed E-state index contributed by atoms with van der Waals surface area (Å²) in [7, 11) is 1.67. The van der Waals surface area contributed by atoms with Crippen molar-refractivity contribution in [3.05, 3.63) is 59.9 Å². The van der Waals surface area contributed by atoms with Crippen molar-refractivity contribution in [1.82, 2.24) is 0 Å². The van der Waals surface area contributed by atoms with E-state index >= 15 is 0 Å². The van der Waals surface area contributed by atoms with Crippen LogP contribution in [0.5, 0.6) is 0 Å². The summed E-state index contributed by atoms with van der Waals surface area (Å²) in [5, 5.41) is 2.57. The van der Waals surface area contributed by atoms with Crippen LogP contribution in [0.1, 0.15) is 18.1 Å². The molecule has 0 aliphatic heterocycles. The summed E-state index contributed by atoms with van der Waals surface area (Å²) in [5.74, 6) is 6.16. The van der Waals surface area contributed by atoms with E-state index in [0.29, 0.717) is 0 Å². The van der Waals surface area contributed by atoms with Gasteiger partial charge < -0.3 is 4.74 Å². The van der Waals surface area contributed by atoms with Gasteiger partial charge in [0.15, 0.2) is 0 Å². The van der Waals surface area contributed by atoms with Crippen LogP contribution in [0.4, 0.5) is 0 Å². The first-order chi connectivity index (χ1) is 9.36. The van der Waals surface area contributed by atoms with Gasteiger partial charge in [0.2, 0.25) is 0 Å². The Morgan fingerprint density at radius 1 is 1.16 bits per heavy atom. The van der Waals surface area contributed by atoms with E-state index in [9.17, 15) is 0 Å². The molecule has 2 aromatic rings. The Bertz CT molecular complexity index is 642. The van der Waals surface area contributed by atoms with Crippen LogP contribution in [0.15, 0.2) is 48.7 Å². The van der Waals surface area contributed by atoms with Gasteiger partial charge in [-0.25, -0.2) is 0 Å². The Kier molecular flexibility index (Phi) is 4.64. The van der Waals surface area contributed by atoms with Crippen LogP contribution in [0, 0.1) is 11.8 Å². The Hall–Kier alpha value is -2.20. The van der Waals surface area contributed by atoms with Crippen LogP contribution in [-0.4, -0.2) is 7.11 Å². The first-order valence-electron chi connectivity index (χ1n) is 6.43. The van der Waals surface area contributed by atoms with Gasteiger partial charge in [0.25, 0.3) is 0 Å². The average molecular weight is 250 g/mol. The van der Waals surface area contributed by atoms with E-state index < -0.39 is 0 Å². The molecule has 0 radical (unpaired) electrons. The number of fused-ring (bicyclic) bond motifs is 1. The van der Waals surface area contributed by atoms with Crippen molar-refractivity contribution >= 4 is 10.8 Å². The van der Waals surface area contributed by atoms with Gasteiger partial charge in [-0.1, -0.05) is 42.3 Å². The molecule has 0 atom stereocenters. The lowest BCUT2D eigenvalue weighted by Crippen LogP contribution is -1.94. The van der Waals surface area contributed by atoms with Crippen molar-refractivity contribution < 1.29 is 4.74 Å². The fraction of sp³-hybridized carbons (Fsp3) is 0.222. The topological polar surface area (TPSA) is 9.23 Å². The molecule has 0 aromatic heterocycles. The van der Waals surface area contributed by atoms with E-state index in [1.807, 2.05) is 13.0 Å². The highest BCUT2D eigenvalue weighted by Crippen LogP contribution is 2.23.